The van der Waals surface area contributed by atoms with E-state index in [9.17, 15) is 14.3 Å². The summed E-state index contributed by atoms with van der Waals surface area (Å²) in [5.41, 5.74) is -0.611. The first-order chi connectivity index (χ1) is 9.00. The molecule has 1 aromatic carbocycles. The van der Waals surface area contributed by atoms with Gasteiger partial charge in [0.25, 0.3) is 5.91 Å². The number of halogens is 2. The lowest BCUT2D eigenvalue weighted by molar-refractivity contribution is 0.00525. The summed E-state index contributed by atoms with van der Waals surface area (Å²) in [5, 5.41) is 12.9. The molecule has 0 saturated heterocycles. The van der Waals surface area contributed by atoms with Crippen molar-refractivity contribution in [3.63, 3.8) is 0 Å². The van der Waals surface area contributed by atoms with E-state index in [1.54, 1.807) is 0 Å². The molecule has 104 valence electrons. The Bertz CT molecular complexity index is 473. The van der Waals surface area contributed by atoms with Crippen LogP contribution in [0.2, 0.25) is 5.02 Å². The van der Waals surface area contributed by atoms with E-state index in [1.807, 2.05) is 0 Å². The van der Waals surface area contributed by atoms with Gasteiger partial charge in [-0.2, -0.15) is 0 Å². The van der Waals surface area contributed by atoms with E-state index in [4.69, 9.17) is 11.6 Å². The molecule has 0 aromatic heterocycles. The van der Waals surface area contributed by atoms with Gasteiger partial charge in [-0.3, -0.25) is 4.79 Å². The van der Waals surface area contributed by atoms with Crippen molar-refractivity contribution >= 4 is 17.5 Å². The molecular formula is C14H17ClFNO2. The lowest BCUT2D eigenvalue weighted by Gasteiger charge is -2.32. The molecule has 0 bridgehead atoms. The van der Waals surface area contributed by atoms with Crippen molar-refractivity contribution in [3.05, 3.63) is 34.6 Å². The summed E-state index contributed by atoms with van der Waals surface area (Å²) >= 11 is 5.56. The molecule has 19 heavy (non-hydrogen) atoms. The Morgan fingerprint density at radius 3 is 2.68 bits per heavy atom. The second kappa shape index (κ2) is 5.88. The molecule has 0 atom stereocenters. The number of carbonyl (C=O) groups excluding carboxylic acids is 1. The van der Waals surface area contributed by atoms with Gasteiger partial charge in [0, 0.05) is 12.1 Å². The van der Waals surface area contributed by atoms with Crippen LogP contribution in [-0.4, -0.2) is 23.2 Å². The third-order valence-corrected chi connectivity index (χ3v) is 3.85. The predicted octanol–water partition coefficient (Wildman–Crippen LogP) is 2.90. The summed E-state index contributed by atoms with van der Waals surface area (Å²) in [6, 6.07) is 3.91. The van der Waals surface area contributed by atoms with Gasteiger partial charge in [0.2, 0.25) is 0 Å². The molecule has 2 rings (SSSR count). The number of hydrogen-bond acceptors (Lipinski definition) is 2. The number of benzene rings is 1. The Hall–Kier alpha value is -1.13. The highest BCUT2D eigenvalue weighted by Gasteiger charge is 2.29. The maximum absolute atomic E-state index is 13.2. The zero-order chi connectivity index (χ0) is 13.9. The quantitative estimate of drug-likeness (QED) is 0.897. The second-order valence-corrected chi connectivity index (χ2v) is 5.50. The number of aliphatic hydroxyl groups is 1. The fourth-order valence-electron chi connectivity index (χ4n) is 2.37. The lowest BCUT2D eigenvalue weighted by atomic mass is 9.85. The first-order valence-corrected chi connectivity index (χ1v) is 6.84. The molecule has 3 nitrogen and oxygen atoms in total. The first kappa shape index (κ1) is 14.3. The van der Waals surface area contributed by atoms with Crippen molar-refractivity contribution in [1.29, 1.82) is 0 Å². The van der Waals surface area contributed by atoms with E-state index < -0.39 is 17.3 Å². The third kappa shape index (κ3) is 3.67. The summed E-state index contributed by atoms with van der Waals surface area (Å²) in [5.74, 6) is -1.01. The SMILES string of the molecule is O=C(NCC1(O)CCCCC1)c1ccc(Cl)c(F)c1. The molecule has 0 spiro atoms. The first-order valence-electron chi connectivity index (χ1n) is 6.46. The molecule has 1 saturated carbocycles. The molecule has 1 aromatic rings. The van der Waals surface area contributed by atoms with Crippen molar-refractivity contribution in [2.75, 3.05) is 6.54 Å². The summed E-state index contributed by atoms with van der Waals surface area (Å²) in [6.45, 7) is 0.204. The van der Waals surface area contributed by atoms with Crippen molar-refractivity contribution < 1.29 is 14.3 Å². The number of rotatable bonds is 3. The number of nitrogens with one attached hydrogen (secondary N) is 1. The average Bonchev–Trinajstić information content (AvgIpc) is 2.40. The largest absolute Gasteiger partial charge is 0.388 e. The molecular weight excluding hydrogens is 269 g/mol. The predicted molar refractivity (Wildman–Crippen MR) is 71.8 cm³/mol. The van der Waals surface area contributed by atoms with Crippen LogP contribution in [0.15, 0.2) is 18.2 Å². The monoisotopic (exact) mass is 285 g/mol. The van der Waals surface area contributed by atoms with Crippen LogP contribution in [0.4, 0.5) is 4.39 Å². The molecule has 2 N–H and O–H groups in total. The van der Waals surface area contributed by atoms with E-state index in [0.29, 0.717) is 12.8 Å². The zero-order valence-electron chi connectivity index (χ0n) is 10.6. The highest BCUT2D eigenvalue weighted by Crippen LogP contribution is 2.27. The Morgan fingerprint density at radius 2 is 2.05 bits per heavy atom. The van der Waals surface area contributed by atoms with Crippen molar-refractivity contribution in [2.24, 2.45) is 0 Å². The van der Waals surface area contributed by atoms with Gasteiger partial charge < -0.3 is 10.4 Å². The fourth-order valence-corrected chi connectivity index (χ4v) is 2.49. The molecule has 1 amide bonds. The van der Waals surface area contributed by atoms with Crippen molar-refractivity contribution in [1.82, 2.24) is 5.32 Å². The normalized spacial score (nSPS) is 18.1. The van der Waals surface area contributed by atoms with Crippen LogP contribution in [0.25, 0.3) is 0 Å². The van der Waals surface area contributed by atoms with E-state index in [1.165, 1.54) is 12.1 Å². The Morgan fingerprint density at radius 1 is 1.37 bits per heavy atom. The van der Waals surface area contributed by atoms with Crippen LogP contribution in [-0.2, 0) is 0 Å². The van der Waals surface area contributed by atoms with E-state index in [0.717, 1.165) is 25.3 Å². The molecule has 0 heterocycles. The maximum atomic E-state index is 13.2. The van der Waals surface area contributed by atoms with E-state index >= 15 is 0 Å². The molecule has 1 aliphatic rings. The van der Waals surface area contributed by atoms with Gasteiger partial charge in [0.05, 0.1) is 10.6 Å². The zero-order valence-corrected chi connectivity index (χ0v) is 11.3. The minimum absolute atomic E-state index is 0.0116. The van der Waals surface area contributed by atoms with Crippen LogP contribution >= 0.6 is 11.6 Å². The molecule has 1 fully saturated rings. The topological polar surface area (TPSA) is 49.3 Å². The number of amides is 1. The van der Waals surface area contributed by atoms with Gasteiger partial charge in [-0.05, 0) is 31.0 Å². The van der Waals surface area contributed by atoms with Gasteiger partial charge in [0.15, 0.2) is 0 Å². The smallest absolute Gasteiger partial charge is 0.251 e. The average molecular weight is 286 g/mol. The van der Waals surface area contributed by atoms with Gasteiger partial charge in [-0.1, -0.05) is 30.9 Å². The standard InChI is InChI=1S/C14H17ClFNO2/c15-11-5-4-10(8-12(11)16)13(18)17-9-14(19)6-2-1-3-7-14/h4-5,8,19H,1-3,6-7,9H2,(H,17,18). The van der Waals surface area contributed by atoms with E-state index in [2.05, 4.69) is 5.32 Å². The number of carbonyl (C=O) groups is 1. The van der Waals surface area contributed by atoms with E-state index in [-0.39, 0.29) is 17.1 Å². The summed E-state index contributed by atoms with van der Waals surface area (Å²) in [4.78, 5) is 11.9. The van der Waals surface area contributed by atoms with Crippen LogP contribution in [0.5, 0.6) is 0 Å². The third-order valence-electron chi connectivity index (χ3n) is 3.54. The van der Waals surface area contributed by atoms with Crippen LogP contribution < -0.4 is 5.32 Å². The minimum Gasteiger partial charge on any atom is -0.388 e. The molecule has 0 radical (unpaired) electrons. The molecule has 5 heteroatoms. The summed E-state index contributed by atoms with van der Waals surface area (Å²) < 4.78 is 13.2. The van der Waals surface area contributed by atoms with Gasteiger partial charge >= 0.3 is 0 Å². The number of hydrogen-bond donors (Lipinski definition) is 2. The van der Waals surface area contributed by atoms with Crippen LogP contribution in [0.1, 0.15) is 42.5 Å². The van der Waals surface area contributed by atoms with Crippen LogP contribution in [0, 0.1) is 5.82 Å². The molecule has 0 aliphatic heterocycles. The van der Waals surface area contributed by atoms with Gasteiger partial charge in [0.1, 0.15) is 5.82 Å². The highest BCUT2D eigenvalue weighted by molar-refractivity contribution is 6.30. The Labute approximate surface area is 116 Å². The second-order valence-electron chi connectivity index (χ2n) is 5.10. The minimum atomic E-state index is -0.821. The molecule has 0 unspecified atom stereocenters. The van der Waals surface area contributed by atoms with Crippen molar-refractivity contribution in [3.8, 4) is 0 Å². The molecule has 1 aliphatic carbocycles. The van der Waals surface area contributed by atoms with Crippen LogP contribution in [0.3, 0.4) is 0 Å². The van der Waals surface area contributed by atoms with Gasteiger partial charge in [-0.25, -0.2) is 4.39 Å². The summed E-state index contributed by atoms with van der Waals surface area (Å²) in [6.07, 6.45) is 4.47. The maximum Gasteiger partial charge on any atom is 0.251 e. The Balaban J connectivity index is 1.95. The fraction of sp³-hybridized carbons (Fsp3) is 0.500. The van der Waals surface area contributed by atoms with Crippen molar-refractivity contribution in [2.45, 2.75) is 37.7 Å². The lowest BCUT2D eigenvalue weighted by Crippen LogP contribution is -2.44. The highest BCUT2D eigenvalue weighted by atomic mass is 35.5. The van der Waals surface area contributed by atoms with Gasteiger partial charge in [-0.15, -0.1) is 0 Å². The summed E-state index contributed by atoms with van der Waals surface area (Å²) in [7, 11) is 0. The Kier molecular flexibility index (Phi) is 4.42.